The molecule has 2 heterocycles. The van der Waals surface area contributed by atoms with Gasteiger partial charge in [-0.1, -0.05) is 6.92 Å². The van der Waals surface area contributed by atoms with E-state index < -0.39 is 89.4 Å². The molecule has 0 radical (unpaired) electrons. The molecule has 1 aromatic carbocycles. The third kappa shape index (κ3) is 6.84. The molecule has 214 valence electrons. The van der Waals surface area contributed by atoms with Gasteiger partial charge in [0.25, 0.3) is 11.5 Å². The molecule has 40 heavy (non-hydrogen) atoms. The van der Waals surface area contributed by atoms with Crippen molar-refractivity contribution >= 4 is 29.3 Å². The maximum atomic E-state index is 13.8. The lowest BCUT2D eigenvalue weighted by atomic mass is 10.1. The van der Waals surface area contributed by atoms with Crippen LogP contribution in [0.1, 0.15) is 32.2 Å². The number of carboxylic acids is 1. The van der Waals surface area contributed by atoms with Crippen LogP contribution in [0.4, 0.5) is 23.2 Å². The van der Waals surface area contributed by atoms with Crippen LogP contribution >= 0.6 is 0 Å². The van der Waals surface area contributed by atoms with Gasteiger partial charge in [0.2, 0.25) is 17.5 Å². The van der Waals surface area contributed by atoms with Gasteiger partial charge >= 0.3 is 5.97 Å². The van der Waals surface area contributed by atoms with Crippen molar-refractivity contribution in [2.75, 3.05) is 11.9 Å². The summed E-state index contributed by atoms with van der Waals surface area (Å²) >= 11 is 0. The molecule has 3 rings (SSSR count). The van der Waals surface area contributed by atoms with Crippen LogP contribution in [0.25, 0.3) is 0 Å². The van der Waals surface area contributed by atoms with Gasteiger partial charge in [0.05, 0.1) is 12.7 Å². The van der Waals surface area contributed by atoms with Gasteiger partial charge in [-0.25, -0.2) is 8.78 Å². The number of rotatable bonds is 12. The van der Waals surface area contributed by atoms with Crippen molar-refractivity contribution in [3.05, 3.63) is 70.4 Å². The molecule has 0 bridgehead atoms. The Bertz CT molecular complexity index is 1380. The Morgan fingerprint density at radius 3 is 2.42 bits per heavy atom. The van der Waals surface area contributed by atoms with E-state index in [1.807, 2.05) is 0 Å². The number of ether oxygens (including phenoxy) is 2. The molecule has 1 aliphatic heterocycles. The molecular weight excluding hydrogens is 546 g/mol. The van der Waals surface area contributed by atoms with Gasteiger partial charge < -0.3 is 29.8 Å². The maximum absolute atomic E-state index is 13.8. The second-order valence-corrected chi connectivity index (χ2v) is 8.49. The summed E-state index contributed by atoms with van der Waals surface area (Å²) < 4.78 is 65.1. The van der Waals surface area contributed by atoms with Gasteiger partial charge in [0.1, 0.15) is 24.4 Å². The van der Waals surface area contributed by atoms with Crippen LogP contribution in [0.5, 0.6) is 5.75 Å². The molecule has 2 aromatic rings. The molecule has 0 aliphatic carbocycles. The van der Waals surface area contributed by atoms with Crippen LogP contribution < -0.4 is 20.9 Å². The first kappa shape index (κ1) is 29.9. The number of hydrogen-bond donors (Lipinski definition) is 3. The molecule has 1 unspecified atom stereocenters. The smallest absolute Gasteiger partial charge is 0.305 e. The summed E-state index contributed by atoms with van der Waals surface area (Å²) in [4.78, 5) is 62.3. The predicted molar refractivity (Wildman–Crippen MR) is 128 cm³/mol. The number of ketones is 1. The molecule has 0 fully saturated rings. The number of anilines is 1. The fraction of sp³-hybridized carbons (Fsp3) is 0.320. The highest BCUT2D eigenvalue weighted by Crippen LogP contribution is 2.26. The summed E-state index contributed by atoms with van der Waals surface area (Å²) in [6.45, 7) is 0.256. The third-order valence-corrected chi connectivity index (χ3v) is 5.75. The zero-order chi connectivity index (χ0) is 29.6. The zero-order valence-electron chi connectivity index (χ0n) is 20.8. The Morgan fingerprint density at radius 2 is 1.85 bits per heavy atom. The molecule has 3 N–H and O–H groups in total. The van der Waals surface area contributed by atoms with Gasteiger partial charge in [-0.05, 0) is 24.6 Å². The van der Waals surface area contributed by atoms with E-state index in [1.165, 1.54) is 31.5 Å². The van der Waals surface area contributed by atoms with Crippen molar-refractivity contribution in [1.29, 1.82) is 0 Å². The van der Waals surface area contributed by atoms with Crippen LogP contribution in [-0.4, -0.2) is 52.0 Å². The number of hydrogen-bond acceptors (Lipinski definition) is 7. The van der Waals surface area contributed by atoms with E-state index in [-0.39, 0.29) is 18.2 Å². The maximum Gasteiger partial charge on any atom is 0.305 e. The first-order valence-electron chi connectivity index (χ1n) is 11.8. The van der Waals surface area contributed by atoms with Gasteiger partial charge in [-0.2, -0.15) is 8.78 Å². The SMILES string of the molecule is CC[C@@H](C(=O)N[C@@H](CC(=O)O)C(=O)COc1c(F)c(F)cc(F)c1F)n1cccc(NC(=O)C2CC=CO2)c1=O. The molecule has 15 heteroatoms. The first-order chi connectivity index (χ1) is 18.9. The summed E-state index contributed by atoms with van der Waals surface area (Å²) in [5.74, 6) is -13.3. The molecule has 1 aromatic heterocycles. The molecule has 0 spiro atoms. The van der Waals surface area contributed by atoms with Gasteiger partial charge in [-0.3, -0.25) is 24.0 Å². The monoisotopic (exact) mass is 569 g/mol. The Hall–Kier alpha value is -4.69. The molecule has 11 nitrogen and oxygen atoms in total. The number of amides is 2. The molecule has 3 atom stereocenters. The normalized spacial score (nSPS) is 15.6. The van der Waals surface area contributed by atoms with E-state index in [1.54, 1.807) is 6.08 Å². The number of carboxylic acid groups (broad SMARTS) is 1. The van der Waals surface area contributed by atoms with Crippen LogP contribution in [0.15, 0.2) is 41.5 Å². The number of halogens is 4. The van der Waals surface area contributed by atoms with Gasteiger partial charge in [0.15, 0.2) is 29.3 Å². The molecule has 0 saturated carbocycles. The number of carbonyl (C=O) groups is 4. The number of nitrogens with zero attached hydrogens (tertiary/aromatic N) is 1. The van der Waals surface area contributed by atoms with E-state index in [9.17, 15) is 46.6 Å². The number of Topliss-reactive ketones (excluding diaryl/α,β-unsaturated/α-hetero) is 1. The molecule has 0 saturated heterocycles. The van der Waals surface area contributed by atoms with Crippen molar-refractivity contribution in [3.63, 3.8) is 0 Å². The number of pyridine rings is 1. The lowest BCUT2D eigenvalue weighted by Gasteiger charge is -2.22. The fourth-order valence-electron chi connectivity index (χ4n) is 3.74. The van der Waals surface area contributed by atoms with Crippen molar-refractivity contribution in [2.24, 2.45) is 0 Å². The van der Waals surface area contributed by atoms with E-state index in [2.05, 4.69) is 15.4 Å². The largest absolute Gasteiger partial charge is 0.488 e. The van der Waals surface area contributed by atoms with Crippen molar-refractivity contribution in [1.82, 2.24) is 9.88 Å². The summed E-state index contributed by atoms with van der Waals surface area (Å²) in [6, 6.07) is -0.499. The average Bonchev–Trinajstić information content (AvgIpc) is 3.44. The van der Waals surface area contributed by atoms with Crippen LogP contribution in [0.3, 0.4) is 0 Å². The molecule has 1 aliphatic rings. The Labute approximate surface area is 223 Å². The quantitative estimate of drug-likeness (QED) is 0.260. The standard InChI is InChI=1S/C25H23F4N3O8/c1-2-16(32-7-3-5-14(25(32)38)30-24(37)18-6-4-8-39-18)23(36)31-15(10-19(34)35)17(33)11-40-22-20(28)12(26)9-13(27)21(22)29/h3-5,7-9,15-16,18H,2,6,10-11H2,1H3,(H,30,37)(H,31,36)(H,34,35)/t15-,16-,18?/m0/s1. The third-order valence-electron chi connectivity index (χ3n) is 5.75. The number of aromatic nitrogens is 1. The number of aliphatic carboxylic acids is 1. The first-order valence-corrected chi connectivity index (χ1v) is 11.8. The van der Waals surface area contributed by atoms with Crippen molar-refractivity contribution < 1.29 is 51.3 Å². The van der Waals surface area contributed by atoms with Gasteiger partial charge in [0, 0.05) is 18.7 Å². The second kappa shape index (κ2) is 12.9. The number of benzene rings is 1. The molecular formula is C25H23F4N3O8. The lowest BCUT2D eigenvalue weighted by molar-refractivity contribution is -0.140. The minimum absolute atomic E-state index is 0.0255. The van der Waals surface area contributed by atoms with Gasteiger partial charge in [-0.15, -0.1) is 0 Å². The van der Waals surface area contributed by atoms with E-state index in [0.29, 0.717) is 6.42 Å². The van der Waals surface area contributed by atoms with E-state index in [0.717, 1.165) is 4.57 Å². The Kier molecular flexibility index (Phi) is 9.63. The average molecular weight is 569 g/mol. The van der Waals surface area contributed by atoms with Crippen molar-refractivity contribution in [3.8, 4) is 5.75 Å². The fourth-order valence-corrected chi connectivity index (χ4v) is 3.74. The zero-order valence-corrected chi connectivity index (χ0v) is 20.8. The Balaban J connectivity index is 1.77. The summed E-state index contributed by atoms with van der Waals surface area (Å²) in [5.41, 5.74) is -0.959. The summed E-state index contributed by atoms with van der Waals surface area (Å²) in [6.07, 6.45) is 2.64. The summed E-state index contributed by atoms with van der Waals surface area (Å²) in [5, 5.41) is 13.8. The second-order valence-electron chi connectivity index (χ2n) is 8.49. The highest BCUT2D eigenvalue weighted by Gasteiger charge is 2.30. The number of nitrogens with one attached hydrogen (secondary N) is 2. The summed E-state index contributed by atoms with van der Waals surface area (Å²) in [7, 11) is 0. The highest BCUT2D eigenvalue weighted by molar-refractivity contribution is 5.95. The van der Waals surface area contributed by atoms with E-state index >= 15 is 0 Å². The topological polar surface area (TPSA) is 153 Å². The van der Waals surface area contributed by atoms with Crippen LogP contribution in [0.2, 0.25) is 0 Å². The van der Waals surface area contributed by atoms with Crippen molar-refractivity contribution in [2.45, 2.75) is 44.4 Å². The lowest BCUT2D eigenvalue weighted by Crippen LogP contribution is -2.48. The Morgan fingerprint density at radius 1 is 1.18 bits per heavy atom. The van der Waals surface area contributed by atoms with E-state index in [4.69, 9.17) is 4.74 Å². The highest BCUT2D eigenvalue weighted by atomic mass is 19.2. The van der Waals surface area contributed by atoms with Crippen LogP contribution in [-0.2, 0) is 23.9 Å². The number of carbonyl (C=O) groups excluding carboxylic acids is 3. The minimum Gasteiger partial charge on any atom is -0.488 e. The minimum atomic E-state index is -1.92. The predicted octanol–water partition coefficient (Wildman–Crippen LogP) is 2.20. The van der Waals surface area contributed by atoms with Crippen LogP contribution in [0, 0.1) is 23.3 Å². The molecule has 2 amide bonds.